The molecule has 160 valence electrons. The number of benzene rings is 1. The van der Waals surface area contributed by atoms with Crippen molar-refractivity contribution in [2.75, 3.05) is 24.6 Å². The Hall–Kier alpha value is -2.77. The van der Waals surface area contributed by atoms with E-state index >= 15 is 0 Å². The fraction of sp³-hybridized carbons (Fsp3) is 0.524. The van der Waals surface area contributed by atoms with Crippen LogP contribution in [-0.2, 0) is 17.8 Å². The highest BCUT2D eigenvalue weighted by atomic mass is 19.1. The van der Waals surface area contributed by atoms with Gasteiger partial charge in [0.25, 0.3) is 0 Å². The predicted molar refractivity (Wildman–Crippen MR) is 111 cm³/mol. The first-order valence-electron chi connectivity index (χ1n) is 9.88. The van der Waals surface area contributed by atoms with Gasteiger partial charge in [0.1, 0.15) is 29.6 Å². The average Bonchev–Trinajstić information content (AvgIpc) is 3.11. The Morgan fingerprint density at radius 3 is 2.69 bits per heavy atom. The maximum atomic E-state index is 13.9. The van der Waals surface area contributed by atoms with Crippen LogP contribution in [0.1, 0.15) is 40.2 Å². The molecule has 0 aliphatic heterocycles. The lowest BCUT2D eigenvalue weighted by Crippen LogP contribution is -2.34. The highest BCUT2D eigenvalue weighted by Crippen LogP contribution is 2.24. The molecule has 7 nitrogen and oxygen atoms in total. The number of anilines is 1. The topological polar surface area (TPSA) is 68.6 Å². The van der Waals surface area contributed by atoms with Crippen molar-refractivity contribution in [2.24, 2.45) is 0 Å². The van der Waals surface area contributed by atoms with Crippen LogP contribution in [0.3, 0.4) is 0 Å². The highest BCUT2D eigenvalue weighted by molar-refractivity contribution is 5.67. The van der Waals surface area contributed by atoms with Gasteiger partial charge in [0, 0.05) is 31.3 Å². The van der Waals surface area contributed by atoms with Crippen LogP contribution >= 0.6 is 0 Å². The fourth-order valence-electron chi connectivity index (χ4n) is 2.84. The molecule has 0 saturated heterocycles. The van der Waals surface area contributed by atoms with Crippen LogP contribution in [0.25, 0.3) is 0 Å². The smallest absolute Gasteiger partial charge is 0.407 e. The Morgan fingerprint density at radius 2 is 2.03 bits per heavy atom. The molecule has 0 unspecified atom stereocenters. The van der Waals surface area contributed by atoms with E-state index in [1.165, 1.54) is 12.1 Å². The third-order valence-corrected chi connectivity index (χ3v) is 4.11. The molecule has 1 aromatic heterocycles. The van der Waals surface area contributed by atoms with Gasteiger partial charge in [-0.25, -0.2) is 9.18 Å². The number of hydrogen-bond donors (Lipinski definition) is 1. The van der Waals surface area contributed by atoms with Crippen LogP contribution in [0.5, 0.6) is 5.75 Å². The molecule has 1 N–H and O–H groups in total. The molecule has 1 aromatic carbocycles. The van der Waals surface area contributed by atoms with Crippen LogP contribution in [-0.4, -0.2) is 41.2 Å². The van der Waals surface area contributed by atoms with Gasteiger partial charge in [-0.05, 0) is 52.8 Å². The number of carbonyl (C=O) groups is 1. The Balaban J connectivity index is 2.01. The van der Waals surface area contributed by atoms with Crippen LogP contribution < -0.4 is 15.0 Å². The summed E-state index contributed by atoms with van der Waals surface area (Å²) in [6.07, 6.45) is 1.26. The van der Waals surface area contributed by atoms with Crippen LogP contribution in [0.4, 0.5) is 15.0 Å². The van der Waals surface area contributed by atoms with Crippen LogP contribution in [0.2, 0.25) is 0 Å². The molecule has 0 atom stereocenters. The Bertz CT molecular complexity index is 801. The highest BCUT2D eigenvalue weighted by Gasteiger charge is 2.16. The molecule has 0 aliphatic rings. The van der Waals surface area contributed by atoms with Gasteiger partial charge < -0.3 is 19.7 Å². The van der Waals surface area contributed by atoms with Crippen molar-refractivity contribution in [1.82, 2.24) is 15.1 Å². The molecular formula is C21H31FN4O3. The molecule has 2 rings (SSSR count). The van der Waals surface area contributed by atoms with E-state index in [0.29, 0.717) is 12.3 Å². The molecule has 0 bridgehead atoms. The number of rotatable bonds is 9. The second-order valence-electron chi connectivity index (χ2n) is 7.55. The van der Waals surface area contributed by atoms with Gasteiger partial charge in [-0.2, -0.15) is 5.10 Å². The van der Waals surface area contributed by atoms with Crippen molar-refractivity contribution in [2.45, 2.75) is 53.3 Å². The number of carbonyl (C=O) groups excluding carboxylic acids is 1. The van der Waals surface area contributed by atoms with Crippen LogP contribution in [0, 0.1) is 5.82 Å². The number of aromatic nitrogens is 2. The van der Waals surface area contributed by atoms with Crippen LogP contribution in [0.15, 0.2) is 30.5 Å². The number of halogens is 1. The molecule has 0 fully saturated rings. The Labute approximate surface area is 171 Å². The van der Waals surface area contributed by atoms with E-state index in [1.807, 2.05) is 24.6 Å². The maximum Gasteiger partial charge on any atom is 0.407 e. The van der Waals surface area contributed by atoms with E-state index in [4.69, 9.17) is 9.47 Å². The summed E-state index contributed by atoms with van der Waals surface area (Å²) in [4.78, 5) is 13.8. The van der Waals surface area contributed by atoms with Crippen molar-refractivity contribution in [3.05, 3.63) is 41.8 Å². The number of aryl methyl sites for hydroxylation is 1. The Morgan fingerprint density at radius 1 is 1.28 bits per heavy atom. The number of ether oxygens (including phenoxy) is 2. The number of nitrogens with zero attached hydrogens (tertiary/aromatic N) is 3. The molecule has 0 aliphatic carbocycles. The third-order valence-electron chi connectivity index (χ3n) is 4.11. The number of nitrogens with one attached hydrogen (secondary N) is 1. The summed E-state index contributed by atoms with van der Waals surface area (Å²) in [6.45, 7) is 12.0. The summed E-state index contributed by atoms with van der Waals surface area (Å²) in [5.41, 5.74) is 0.178. The van der Waals surface area contributed by atoms with E-state index in [0.717, 1.165) is 24.5 Å². The van der Waals surface area contributed by atoms with Gasteiger partial charge >= 0.3 is 6.09 Å². The zero-order chi connectivity index (χ0) is 21.4. The minimum absolute atomic E-state index is 0.247. The lowest BCUT2D eigenvalue weighted by molar-refractivity contribution is 0.0520. The lowest BCUT2D eigenvalue weighted by Gasteiger charge is -2.25. The fourth-order valence-corrected chi connectivity index (χ4v) is 2.84. The normalized spacial score (nSPS) is 11.2. The van der Waals surface area contributed by atoms with Gasteiger partial charge in [0.15, 0.2) is 0 Å². The minimum Gasteiger partial charge on any atom is -0.491 e. The van der Waals surface area contributed by atoms with Gasteiger partial charge in [-0.3, -0.25) is 4.68 Å². The molecule has 1 amide bonds. The van der Waals surface area contributed by atoms with E-state index in [2.05, 4.69) is 15.3 Å². The zero-order valence-electron chi connectivity index (χ0n) is 17.9. The van der Waals surface area contributed by atoms with Crippen molar-refractivity contribution in [3.8, 4) is 5.75 Å². The number of hydrogen-bond acceptors (Lipinski definition) is 5. The first-order valence-corrected chi connectivity index (χ1v) is 9.88. The average molecular weight is 407 g/mol. The monoisotopic (exact) mass is 406 g/mol. The van der Waals surface area contributed by atoms with Crippen molar-refractivity contribution >= 4 is 11.9 Å². The van der Waals surface area contributed by atoms with Gasteiger partial charge in [0.05, 0.1) is 12.7 Å². The first kappa shape index (κ1) is 22.5. The molecule has 2 aromatic rings. The summed E-state index contributed by atoms with van der Waals surface area (Å²) in [6, 6.07) is 6.40. The van der Waals surface area contributed by atoms with Gasteiger partial charge in [-0.15, -0.1) is 0 Å². The summed E-state index contributed by atoms with van der Waals surface area (Å²) in [5.74, 6) is 1.23. The quantitative estimate of drug-likeness (QED) is 0.638. The molecule has 0 spiro atoms. The predicted octanol–water partition coefficient (Wildman–Crippen LogP) is 3.97. The molecule has 1 heterocycles. The minimum atomic E-state index is -0.552. The van der Waals surface area contributed by atoms with Gasteiger partial charge in [-0.1, -0.05) is 0 Å². The summed E-state index contributed by atoms with van der Waals surface area (Å²) >= 11 is 0. The molecule has 29 heavy (non-hydrogen) atoms. The second kappa shape index (κ2) is 10.1. The zero-order valence-corrected chi connectivity index (χ0v) is 17.9. The summed E-state index contributed by atoms with van der Waals surface area (Å²) in [5, 5.41) is 6.95. The van der Waals surface area contributed by atoms with Crippen molar-refractivity contribution in [1.29, 1.82) is 0 Å². The first-order chi connectivity index (χ1) is 13.7. The summed E-state index contributed by atoms with van der Waals surface area (Å²) < 4.78 is 26.8. The second-order valence-corrected chi connectivity index (χ2v) is 7.55. The van der Waals surface area contributed by atoms with Crippen molar-refractivity contribution in [3.63, 3.8) is 0 Å². The number of alkyl carbamates (subject to hydrolysis) is 1. The Kier molecular flexibility index (Phi) is 7.87. The largest absolute Gasteiger partial charge is 0.491 e. The van der Waals surface area contributed by atoms with Gasteiger partial charge in [0.2, 0.25) is 0 Å². The molecular weight excluding hydrogens is 375 g/mol. The molecule has 0 radical (unpaired) electrons. The number of amides is 1. The summed E-state index contributed by atoms with van der Waals surface area (Å²) in [7, 11) is 0. The molecule has 8 heteroatoms. The van der Waals surface area contributed by atoms with E-state index in [1.54, 1.807) is 33.0 Å². The van der Waals surface area contributed by atoms with Crippen molar-refractivity contribution < 1.29 is 18.7 Å². The third kappa shape index (κ3) is 6.96. The van der Waals surface area contributed by atoms with E-state index in [9.17, 15) is 9.18 Å². The maximum absolute atomic E-state index is 13.9. The lowest BCUT2D eigenvalue weighted by atomic mass is 10.1. The standard InChI is InChI=1S/C21H31FN4O3/c1-6-25(19-10-11-24-26(19)7-2)15-16-14-17(22)8-9-18(16)28-13-12-23-20(27)29-21(3,4)5/h8-11,14H,6-7,12-13,15H2,1-5H3,(H,23,27). The SMILES string of the molecule is CCN(Cc1cc(F)ccc1OCCNC(=O)OC(C)(C)C)c1ccnn1CC. The van der Waals surface area contributed by atoms with E-state index < -0.39 is 11.7 Å². The molecule has 0 saturated carbocycles. The van der Waals surface area contributed by atoms with E-state index in [-0.39, 0.29) is 19.0 Å².